The van der Waals surface area contributed by atoms with Crippen molar-refractivity contribution in [2.24, 2.45) is 0 Å². The predicted octanol–water partition coefficient (Wildman–Crippen LogP) is 21.5. The molecular weight excluding hydrogens is 1130 g/mol. The van der Waals surface area contributed by atoms with E-state index in [9.17, 15) is 0 Å². The maximum atomic E-state index is 2.64. The third kappa shape index (κ3) is 7.93. The highest BCUT2D eigenvalue weighted by Crippen LogP contribution is 2.46. The van der Waals surface area contributed by atoms with Crippen LogP contribution in [0.2, 0.25) is 0 Å². The monoisotopic (exact) mass is 1190 g/mol. The number of benzene rings is 15. The van der Waals surface area contributed by atoms with Crippen LogP contribution in [0.1, 0.15) is 0 Å². The largest absolute Gasteiger partial charge is 0.310 e. The fraction of sp³-hybridized carbons (Fsp3) is 0. The van der Waals surface area contributed by atoms with Crippen molar-refractivity contribution in [2.45, 2.75) is 0 Å². The highest BCUT2D eigenvalue weighted by atomic mass is 15.1. The Hall–Kier alpha value is -12.2. The van der Waals surface area contributed by atoms with Crippen LogP contribution in [0.5, 0.6) is 0 Å². The van der Waals surface area contributed by atoms with Gasteiger partial charge >= 0.3 is 0 Å². The first-order valence-corrected chi connectivity index (χ1v) is 32.7. The lowest BCUT2D eigenvalue weighted by Crippen LogP contribution is -2.59. The van der Waals surface area contributed by atoms with E-state index in [-0.39, 0.29) is 6.71 Å². The molecule has 3 nitrogen and oxygen atoms in total. The van der Waals surface area contributed by atoms with Crippen molar-refractivity contribution in [1.82, 2.24) is 13.7 Å². The van der Waals surface area contributed by atoms with E-state index in [1.54, 1.807) is 0 Å². The molecule has 0 saturated heterocycles. The average molecular weight is 1190 g/mol. The molecule has 0 radical (unpaired) electrons. The molecule has 0 spiro atoms. The van der Waals surface area contributed by atoms with Crippen molar-refractivity contribution in [1.29, 1.82) is 0 Å². The van der Waals surface area contributed by atoms with Gasteiger partial charge in [0.15, 0.2) is 0 Å². The lowest BCUT2D eigenvalue weighted by atomic mass is 9.34. The summed E-state index contributed by atoms with van der Waals surface area (Å²) in [6, 6.07) is 127. The fourth-order valence-electron chi connectivity index (χ4n) is 16.2. The van der Waals surface area contributed by atoms with E-state index in [1.165, 1.54) is 182 Å². The quantitative estimate of drug-likeness (QED) is 0.128. The third-order valence-corrected chi connectivity index (χ3v) is 20.4. The van der Waals surface area contributed by atoms with Crippen molar-refractivity contribution in [3.8, 4) is 106 Å². The maximum Gasteiger partial charge on any atom is 0.252 e. The van der Waals surface area contributed by atoms with E-state index in [1.807, 2.05) is 0 Å². The summed E-state index contributed by atoms with van der Waals surface area (Å²) in [7, 11) is 0. The Balaban J connectivity index is 0.891. The van der Waals surface area contributed by atoms with E-state index in [4.69, 9.17) is 0 Å². The van der Waals surface area contributed by atoms with Crippen LogP contribution in [-0.2, 0) is 0 Å². The molecule has 0 aliphatic carbocycles. The molecule has 2 aliphatic heterocycles. The molecule has 0 atom stereocenters. The van der Waals surface area contributed by atoms with Crippen molar-refractivity contribution in [2.75, 3.05) is 0 Å². The lowest BCUT2D eigenvalue weighted by molar-refractivity contribution is 1.10. The second-order valence-electron chi connectivity index (χ2n) is 25.5. The summed E-state index contributed by atoms with van der Waals surface area (Å²) in [4.78, 5) is 0. The van der Waals surface area contributed by atoms with Crippen LogP contribution in [0.4, 0.5) is 0 Å². The topological polar surface area (TPSA) is 14.8 Å². The lowest BCUT2D eigenvalue weighted by Gasteiger charge is -2.35. The molecule has 434 valence electrons. The summed E-state index contributed by atoms with van der Waals surface area (Å²) in [6.45, 7) is -0.167. The molecule has 18 aromatic rings. The van der Waals surface area contributed by atoms with Gasteiger partial charge in [0.05, 0.1) is 27.8 Å². The van der Waals surface area contributed by atoms with Gasteiger partial charge in [0, 0.05) is 54.7 Å². The summed E-state index contributed by atoms with van der Waals surface area (Å²) >= 11 is 0. The van der Waals surface area contributed by atoms with Gasteiger partial charge in [0.1, 0.15) is 0 Å². The van der Waals surface area contributed by atoms with Crippen molar-refractivity contribution >= 4 is 88.5 Å². The summed E-state index contributed by atoms with van der Waals surface area (Å²) in [5.41, 5.74) is 33.8. The SMILES string of the molecule is c1ccc(-c2ccc(-c3ccccc3-c3cc4c5c(c3)c3ccccc3n5-c3cc(-n5c6cc(-c7ccccc7)ccc6c6ccc(-c7ccccc7)cc65)cc5c3B4c3cc(-c4ccccc4-c4ccc(-c6ccccc6)cc4)cc4c6ccccc6n-5c34)cc2)cc1. The number of rotatable bonds is 9. The average Bonchev–Trinajstić information content (AvgIpc) is 1.46. The standard InChI is InChI=1S/C90H56BN3/c1-5-21-57(22-6-1)61-37-41-63(42-38-61)70-29-13-15-31-72(70)67-49-78-74-33-17-19-35-82(74)93-86-55-69(92-84-53-65(59-25-9-3-10-26-59)45-47-76(84)77-48-46-66(54-85(77)92)60-27-11-4-12-28-60)56-87-88(86)91(80(51-67)89(78)93)81-52-68(50-79-75-34-18-20-36-83(75)94(87)90(79)81)73-32-16-14-30-71(73)64-43-39-62(40-44-64)58-23-7-2-8-24-58/h1-56H. The van der Waals surface area contributed by atoms with Crippen LogP contribution >= 0.6 is 0 Å². The Kier molecular flexibility index (Phi) is 11.5. The minimum absolute atomic E-state index is 0.167. The molecule has 0 amide bonds. The normalized spacial score (nSPS) is 12.2. The molecule has 3 aromatic heterocycles. The maximum absolute atomic E-state index is 2.64. The van der Waals surface area contributed by atoms with Crippen LogP contribution in [0, 0.1) is 0 Å². The van der Waals surface area contributed by atoms with Gasteiger partial charge in [-0.25, -0.2) is 0 Å². The van der Waals surface area contributed by atoms with Crippen LogP contribution in [-0.4, -0.2) is 20.4 Å². The molecule has 0 saturated carbocycles. The van der Waals surface area contributed by atoms with Crippen LogP contribution in [0.15, 0.2) is 340 Å². The number of fused-ring (bicyclic) bond motifs is 13. The minimum atomic E-state index is -0.167. The van der Waals surface area contributed by atoms with E-state index in [2.05, 4.69) is 353 Å². The molecule has 4 heteroatoms. The first kappa shape index (κ1) is 52.5. The molecule has 2 aliphatic rings. The summed E-state index contributed by atoms with van der Waals surface area (Å²) in [5.74, 6) is 0. The van der Waals surface area contributed by atoms with Gasteiger partial charge in [-0.3, -0.25) is 0 Å². The Morgan fingerprint density at radius 3 is 0.904 bits per heavy atom. The highest BCUT2D eigenvalue weighted by molar-refractivity contribution is 7.00. The molecule has 94 heavy (non-hydrogen) atoms. The molecule has 0 N–H and O–H groups in total. The van der Waals surface area contributed by atoms with Crippen molar-refractivity contribution < 1.29 is 0 Å². The number of para-hydroxylation sites is 2. The third-order valence-electron chi connectivity index (χ3n) is 20.4. The number of hydrogen-bond acceptors (Lipinski definition) is 0. The number of hydrogen-bond donors (Lipinski definition) is 0. The Morgan fingerprint density at radius 2 is 0.500 bits per heavy atom. The van der Waals surface area contributed by atoms with E-state index >= 15 is 0 Å². The summed E-state index contributed by atoms with van der Waals surface area (Å²) in [6.07, 6.45) is 0. The molecule has 15 aromatic carbocycles. The smallest absolute Gasteiger partial charge is 0.252 e. The first-order valence-electron chi connectivity index (χ1n) is 32.7. The number of aromatic nitrogens is 3. The fourth-order valence-corrected chi connectivity index (χ4v) is 16.2. The van der Waals surface area contributed by atoms with Crippen LogP contribution < -0.4 is 16.4 Å². The molecule has 5 heterocycles. The highest BCUT2D eigenvalue weighted by Gasteiger charge is 2.42. The van der Waals surface area contributed by atoms with E-state index < -0.39 is 0 Å². The molecule has 0 unspecified atom stereocenters. The van der Waals surface area contributed by atoms with Crippen LogP contribution in [0.3, 0.4) is 0 Å². The van der Waals surface area contributed by atoms with Crippen molar-refractivity contribution in [3.05, 3.63) is 340 Å². The van der Waals surface area contributed by atoms with Gasteiger partial charge in [-0.1, -0.05) is 291 Å². The summed E-state index contributed by atoms with van der Waals surface area (Å²) < 4.78 is 7.86. The summed E-state index contributed by atoms with van der Waals surface area (Å²) in [5, 5.41) is 7.39. The van der Waals surface area contributed by atoms with Crippen LogP contribution in [0.25, 0.3) is 171 Å². The molecule has 20 rings (SSSR count). The van der Waals surface area contributed by atoms with E-state index in [0.717, 1.165) is 5.69 Å². The van der Waals surface area contributed by atoms with Gasteiger partial charge in [-0.15, -0.1) is 0 Å². The predicted molar refractivity (Wildman–Crippen MR) is 398 cm³/mol. The van der Waals surface area contributed by atoms with Gasteiger partial charge in [-0.05, 0) is 154 Å². The van der Waals surface area contributed by atoms with E-state index in [0.29, 0.717) is 0 Å². The Bertz CT molecular complexity index is 5750. The van der Waals surface area contributed by atoms with Gasteiger partial charge in [0.2, 0.25) is 0 Å². The second kappa shape index (κ2) is 20.6. The van der Waals surface area contributed by atoms with Gasteiger partial charge < -0.3 is 13.7 Å². The van der Waals surface area contributed by atoms with Gasteiger partial charge in [-0.2, -0.15) is 0 Å². The first-order chi connectivity index (χ1) is 46.6. The zero-order valence-electron chi connectivity index (χ0n) is 51.3. The van der Waals surface area contributed by atoms with Crippen molar-refractivity contribution in [3.63, 3.8) is 0 Å². The Labute approximate surface area is 544 Å². The number of nitrogens with zero attached hydrogens (tertiary/aromatic N) is 3. The Morgan fingerprint density at radius 1 is 0.191 bits per heavy atom. The van der Waals surface area contributed by atoms with Gasteiger partial charge in [0.25, 0.3) is 6.71 Å². The zero-order chi connectivity index (χ0) is 61.5. The second-order valence-corrected chi connectivity index (χ2v) is 25.5. The minimum Gasteiger partial charge on any atom is -0.310 e. The molecular formula is C90H56BN3. The molecule has 0 bridgehead atoms. The zero-order valence-corrected chi connectivity index (χ0v) is 51.3. The molecule has 0 fully saturated rings.